The number of methoxy groups -OCH3 is 2. The fraction of sp³-hybridized carbons (Fsp3) is 0.526. The molecule has 1 N–H and O–H groups in total. The lowest BCUT2D eigenvalue weighted by Gasteiger charge is -2.15. The lowest BCUT2D eigenvalue weighted by Crippen LogP contribution is -2.11. The summed E-state index contributed by atoms with van der Waals surface area (Å²) in [7, 11) is 3.29. The topological polar surface area (TPSA) is 78.4 Å². The van der Waals surface area contributed by atoms with Crippen molar-refractivity contribution in [3.05, 3.63) is 40.5 Å². The minimum Gasteiger partial charge on any atom is -0.481 e. The van der Waals surface area contributed by atoms with Crippen molar-refractivity contribution in [1.29, 1.82) is 0 Å². The standard InChI is InChI=1S/C19H26N4O3/c1-12-7-13(2)21-19(25-4)15(12)9-20-17-8-16(14-5-6-26-10-14)22-18(23-17)11-24-3/h7-8,14H,5-6,9-11H2,1-4H3,(H,20,22,23). The Hall–Kier alpha value is -2.25. The molecule has 2 aromatic heterocycles. The van der Waals surface area contributed by atoms with Crippen LogP contribution in [0.5, 0.6) is 5.88 Å². The summed E-state index contributed by atoms with van der Waals surface area (Å²) in [5.41, 5.74) is 4.10. The fourth-order valence-electron chi connectivity index (χ4n) is 3.17. The van der Waals surface area contributed by atoms with Crippen LogP contribution >= 0.6 is 0 Å². The second-order valence-corrected chi connectivity index (χ2v) is 6.51. The summed E-state index contributed by atoms with van der Waals surface area (Å²) in [6.07, 6.45) is 0.984. The van der Waals surface area contributed by atoms with Gasteiger partial charge in [0.05, 0.1) is 19.4 Å². The van der Waals surface area contributed by atoms with Gasteiger partial charge in [0.1, 0.15) is 12.4 Å². The molecule has 1 unspecified atom stereocenters. The van der Waals surface area contributed by atoms with E-state index in [9.17, 15) is 0 Å². The molecule has 1 saturated heterocycles. The summed E-state index contributed by atoms with van der Waals surface area (Å²) in [5.74, 6) is 2.40. The molecule has 140 valence electrons. The van der Waals surface area contributed by atoms with Crippen molar-refractivity contribution in [1.82, 2.24) is 15.0 Å². The molecule has 0 bridgehead atoms. The van der Waals surface area contributed by atoms with E-state index in [1.54, 1.807) is 14.2 Å². The number of aryl methyl sites for hydroxylation is 2. The van der Waals surface area contributed by atoms with E-state index in [0.29, 0.717) is 37.4 Å². The first-order valence-electron chi connectivity index (χ1n) is 8.80. The van der Waals surface area contributed by atoms with Crippen LogP contribution in [-0.4, -0.2) is 42.4 Å². The van der Waals surface area contributed by atoms with Crippen molar-refractivity contribution in [2.75, 3.05) is 32.8 Å². The molecule has 1 atom stereocenters. The van der Waals surface area contributed by atoms with Crippen molar-refractivity contribution in [2.24, 2.45) is 0 Å². The summed E-state index contributed by atoms with van der Waals surface area (Å²) in [4.78, 5) is 13.7. The van der Waals surface area contributed by atoms with Gasteiger partial charge >= 0.3 is 0 Å². The van der Waals surface area contributed by atoms with Gasteiger partial charge in [0.15, 0.2) is 5.82 Å². The largest absolute Gasteiger partial charge is 0.481 e. The third-order valence-electron chi connectivity index (χ3n) is 4.49. The highest BCUT2D eigenvalue weighted by Gasteiger charge is 2.21. The number of nitrogens with zero attached hydrogens (tertiary/aromatic N) is 3. The molecule has 0 spiro atoms. The molecule has 3 heterocycles. The number of ether oxygens (including phenoxy) is 3. The lowest BCUT2D eigenvalue weighted by molar-refractivity contribution is 0.177. The Balaban J connectivity index is 1.83. The highest BCUT2D eigenvalue weighted by Crippen LogP contribution is 2.26. The van der Waals surface area contributed by atoms with E-state index in [4.69, 9.17) is 14.2 Å². The molecule has 7 heteroatoms. The Morgan fingerprint density at radius 3 is 2.73 bits per heavy atom. The molecule has 1 aliphatic rings. The molecule has 26 heavy (non-hydrogen) atoms. The predicted molar refractivity (Wildman–Crippen MR) is 98.5 cm³/mol. The monoisotopic (exact) mass is 358 g/mol. The lowest BCUT2D eigenvalue weighted by atomic mass is 10.0. The first kappa shape index (κ1) is 18.5. The van der Waals surface area contributed by atoms with Crippen LogP contribution in [-0.2, 0) is 22.6 Å². The van der Waals surface area contributed by atoms with E-state index >= 15 is 0 Å². The SMILES string of the molecule is COCc1nc(NCc2c(C)cc(C)nc2OC)cc(C2CCOC2)n1. The number of hydrogen-bond acceptors (Lipinski definition) is 7. The van der Waals surface area contributed by atoms with E-state index in [2.05, 4.69) is 33.3 Å². The number of hydrogen-bond donors (Lipinski definition) is 1. The summed E-state index contributed by atoms with van der Waals surface area (Å²) in [6.45, 7) is 6.47. The summed E-state index contributed by atoms with van der Waals surface area (Å²) < 4.78 is 16.2. The average molecular weight is 358 g/mol. The first-order chi connectivity index (χ1) is 12.6. The fourth-order valence-corrected chi connectivity index (χ4v) is 3.17. The molecule has 1 aliphatic heterocycles. The van der Waals surface area contributed by atoms with Gasteiger partial charge in [0.2, 0.25) is 5.88 Å². The third kappa shape index (κ3) is 4.28. The minimum atomic E-state index is 0.312. The van der Waals surface area contributed by atoms with E-state index in [1.807, 2.05) is 13.0 Å². The van der Waals surface area contributed by atoms with Crippen LogP contribution < -0.4 is 10.1 Å². The van der Waals surface area contributed by atoms with Crippen LogP contribution in [0.25, 0.3) is 0 Å². The van der Waals surface area contributed by atoms with Gasteiger partial charge in [-0.3, -0.25) is 0 Å². The zero-order valence-electron chi connectivity index (χ0n) is 15.8. The Labute approximate surface area is 154 Å². The smallest absolute Gasteiger partial charge is 0.218 e. The number of nitrogens with one attached hydrogen (secondary N) is 1. The first-order valence-corrected chi connectivity index (χ1v) is 8.80. The van der Waals surface area contributed by atoms with Crippen molar-refractivity contribution >= 4 is 5.82 Å². The van der Waals surface area contributed by atoms with Gasteiger partial charge in [-0.15, -0.1) is 0 Å². The Morgan fingerprint density at radius 1 is 1.19 bits per heavy atom. The van der Waals surface area contributed by atoms with Gasteiger partial charge < -0.3 is 19.5 Å². The molecule has 0 saturated carbocycles. The van der Waals surface area contributed by atoms with Crippen molar-refractivity contribution in [2.45, 2.75) is 39.3 Å². The zero-order valence-corrected chi connectivity index (χ0v) is 15.8. The van der Waals surface area contributed by atoms with Crippen molar-refractivity contribution in [3.8, 4) is 5.88 Å². The summed E-state index contributed by atoms with van der Waals surface area (Å²) >= 11 is 0. The molecular weight excluding hydrogens is 332 g/mol. The van der Waals surface area contributed by atoms with Gasteiger partial charge in [0, 0.05) is 43.5 Å². The van der Waals surface area contributed by atoms with Crippen LogP contribution in [0, 0.1) is 13.8 Å². The predicted octanol–water partition coefficient (Wildman–Crippen LogP) is 2.76. The van der Waals surface area contributed by atoms with Crippen LogP contribution in [0.2, 0.25) is 0 Å². The average Bonchev–Trinajstić information content (AvgIpc) is 3.15. The second-order valence-electron chi connectivity index (χ2n) is 6.51. The van der Waals surface area contributed by atoms with Crippen LogP contribution in [0.3, 0.4) is 0 Å². The number of aromatic nitrogens is 3. The quantitative estimate of drug-likeness (QED) is 0.815. The molecule has 3 rings (SSSR count). The normalized spacial score (nSPS) is 16.7. The Bertz CT molecular complexity index is 761. The molecule has 7 nitrogen and oxygen atoms in total. The maximum absolute atomic E-state index is 5.50. The Kier molecular flexibility index (Phi) is 6.00. The molecule has 0 radical (unpaired) electrons. The molecule has 1 fully saturated rings. The second kappa shape index (κ2) is 8.42. The summed E-state index contributed by atoms with van der Waals surface area (Å²) in [5, 5.41) is 3.39. The minimum absolute atomic E-state index is 0.312. The third-order valence-corrected chi connectivity index (χ3v) is 4.49. The van der Waals surface area contributed by atoms with Gasteiger partial charge in [-0.05, 0) is 31.9 Å². The maximum Gasteiger partial charge on any atom is 0.218 e. The molecule has 2 aromatic rings. The molecule has 0 aliphatic carbocycles. The number of rotatable bonds is 7. The van der Waals surface area contributed by atoms with Crippen LogP contribution in [0.15, 0.2) is 12.1 Å². The zero-order chi connectivity index (χ0) is 18.5. The van der Waals surface area contributed by atoms with E-state index < -0.39 is 0 Å². The highest BCUT2D eigenvalue weighted by molar-refractivity contribution is 5.42. The number of anilines is 1. The van der Waals surface area contributed by atoms with Crippen LogP contribution in [0.1, 0.15) is 40.7 Å². The molecule has 0 aromatic carbocycles. The van der Waals surface area contributed by atoms with Gasteiger partial charge in [0.25, 0.3) is 0 Å². The van der Waals surface area contributed by atoms with E-state index in [1.165, 1.54) is 0 Å². The number of pyridine rings is 1. The maximum atomic E-state index is 5.50. The van der Waals surface area contributed by atoms with Crippen molar-refractivity contribution < 1.29 is 14.2 Å². The highest BCUT2D eigenvalue weighted by atomic mass is 16.5. The van der Waals surface area contributed by atoms with Gasteiger partial charge in [-0.2, -0.15) is 0 Å². The van der Waals surface area contributed by atoms with Gasteiger partial charge in [-0.25, -0.2) is 15.0 Å². The van der Waals surface area contributed by atoms with Gasteiger partial charge in [-0.1, -0.05) is 0 Å². The van der Waals surface area contributed by atoms with E-state index in [0.717, 1.165) is 41.4 Å². The molecular formula is C19H26N4O3. The van der Waals surface area contributed by atoms with Crippen LogP contribution in [0.4, 0.5) is 5.82 Å². The van der Waals surface area contributed by atoms with E-state index in [-0.39, 0.29) is 0 Å². The molecule has 0 amide bonds. The Morgan fingerprint density at radius 2 is 2.04 bits per heavy atom. The summed E-state index contributed by atoms with van der Waals surface area (Å²) in [6, 6.07) is 4.05. The van der Waals surface area contributed by atoms with Crippen molar-refractivity contribution in [3.63, 3.8) is 0 Å².